The molecular weight excluding hydrogens is 298 g/mol. The summed E-state index contributed by atoms with van der Waals surface area (Å²) >= 11 is 3.29. The average molecular weight is 313 g/mol. The first kappa shape index (κ1) is 15.3. The fourth-order valence-electron chi connectivity index (χ4n) is 1.70. The first-order valence-corrected chi connectivity index (χ1v) is 8.10. The summed E-state index contributed by atoms with van der Waals surface area (Å²) in [4.78, 5) is 16.9. The molecule has 21 heavy (non-hydrogen) atoms. The van der Waals surface area contributed by atoms with Crippen molar-refractivity contribution in [1.29, 1.82) is 0 Å². The summed E-state index contributed by atoms with van der Waals surface area (Å²) in [6, 6.07) is 8.09. The van der Waals surface area contributed by atoms with Crippen molar-refractivity contribution in [3.8, 4) is 21.6 Å². The molecule has 0 fully saturated rings. The molecule has 4 heteroatoms. The van der Waals surface area contributed by atoms with Crippen molar-refractivity contribution in [3.05, 3.63) is 59.8 Å². The van der Waals surface area contributed by atoms with Crippen molar-refractivity contribution in [1.82, 2.24) is 4.90 Å². The maximum atomic E-state index is 12.0. The molecule has 0 saturated heterocycles. The number of hydrogen-bond acceptors (Lipinski definition) is 3. The van der Waals surface area contributed by atoms with Crippen LogP contribution in [0, 0.1) is 11.8 Å². The van der Waals surface area contributed by atoms with Crippen LogP contribution in [-0.2, 0) is 4.79 Å². The largest absolute Gasteiger partial charge is 0.324 e. The summed E-state index contributed by atoms with van der Waals surface area (Å²) < 4.78 is 0. The van der Waals surface area contributed by atoms with Gasteiger partial charge in [-0.15, -0.1) is 35.8 Å². The lowest BCUT2D eigenvalue weighted by Gasteiger charge is -2.15. The van der Waals surface area contributed by atoms with Crippen molar-refractivity contribution in [2.75, 3.05) is 13.1 Å². The molecule has 106 valence electrons. The van der Waals surface area contributed by atoms with E-state index in [4.69, 9.17) is 0 Å². The number of carbonyl (C=O) groups excluding carboxylic acids is 1. The average Bonchev–Trinajstić information content (AvgIpc) is 3.15. The zero-order valence-corrected chi connectivity index (χ0v) is 13.2. The molecule has 0 aromatic carbocycles. The van der Waals surface area contributed by atoms with E-state index < -0.39 is 0 Å². The van der Waals surface area contributed by atoms with Crippen LogP contribution >= 0.6 is 22.7 Å². The predicted molar refractivity (Wildman–Crippen MR) is 91.5 cm³/mol. The lowest BCUT2D eigenvalue weighted by atomic mass is 10.3. The second kappa shape index (κ2) is 7.63. The monoisotopic (exact) mass is 313 g/mol. The quantitative estimate of drug-likeness (QED) is 0.603. The highest BCUT2D eigenvalue weighted by Gasteiger charge is 2.07. The molecule has 2 aromatic heterocycles. The lowest BCUT2D eigenvalue weighted by Crippen LogP contribution is -2.29. The Morgan fingerprint density at radius 2 is 1.95 bits per heavy atom. The van der Waals surface area contributed by atoms with E-state index in [1.165, 1.54) is 9.75 Å². The number of carbonyl (C=O) groups is 1. The van der Waals surface area contributed by atoms with Gasteiger partial charge in [-0.1, -0.05) is 18.2 Å². The van der Waals surface area contributed by atoms with Crippen molar-refractivity contribution in [2.24, 2.45) is 0 Å². The third kappa shape index (κ3) is 4.19. The van der Waals surface area contributed by atoms with Crippen molar-refractivity contribution in [3.63, 3.8) is 0 Å². The molecule has 0 atom stereocenters. The highest BCUT2D eigenvalue weighted by molar-refractivity contribution is 7.21. The van der Waals surface area contributed by atoms with Crippen LogP contribution in [0.1, 0.15) is 4.88 Å². The molecule has 2 aromatic rings. The van der Waals surface area contributed by atoms with E-state index in [0.29, 0.717) is 13.1 Å². The summed E-state index contributed by atoms with van der Waals surface area (Å²) in [5.74, 6) is 5.41. The van der Waals surface area contributed by atoms with Crippen LogP contribution < -0.4 is 0 Å². The van der Waals surface area contributed by atoms with Gasteiger partial charge >= 0.3 is 0 Å². The van der Waals surface area contributed by atoms with E-state index in [-0.39, 0.29) is 5.91 Å². The highest BCUT2D eigenvalue weighted by atomic mass is 32.1. The van der Waals surface area contributed by atoms with Crippen LogP contribution in [-0.4, -0.2) is 23.9 Å². The number of hydrogen-bond donors (Lipinski definition) is 0. The van der Waals surface area contributed by atoms with Gasteiger partial charge in [0.2, 0.25) is 0 Å². The first-order chi connectivity index (χ1) is 10.2. The third-order valence-corrected chi connectivity index (χ3v) is 4.72. The van der Waals surface area contributed by atoms with Crippen LogP contribution in [0.15, 0.2) is 55.0 Å². The standard InChI is InChI=1S/C17H15NOS2/c1-3-11-18(12-4-2)17(19)10-8-14-7-9-16(21-14)15-6-5-13-20-15/h3-7,9,13H,1-2,11-12H2. The molecule has 0 aliphatic rings. The predicted octanol–water partition coefficient (Wildman–Crippen LogP) is 4.03. The minimum Gasteiger partial charge on any atom is -0.324 e. The molecular formula is C17H15NOS2. The maximum absolute atomic E-state index is 12.0. The first-order valence-electron chi connectivity index (χ1n) is 6.41. The maximum Gasteiger partial charge on any atom is 0.299 e. The fraction of sp³-hybridized carbons (Fsp3) is 0.118. The van der Waals surface area contributed by atoms with E-state index in [1.54, 1.807) is 39.7 Å². The molecule has 0 radical (unpaired) electrons. The molecule has 2 rings (SSSR count). The van der Waals surface area contributed by atoms with Crippen LogP contribution in [0.25, 0.3) is 9.75 Å². The van der Waals surface area contributed by atoms with E-state index in [0.717, 1.165) is 4.88 Å². The van der Waals surface area contributed by atoms with Crippen LogP contribution in [0.5, 0.6) is 0 Å². The zero-order valence-electron chi connectivity index (χ0n) is 11.5. The molecule has 2 nitrogen and oxygen atoms in total. The van der Waals surface area contributed by atoms with Gasteiger partial charge < -0.3 is 4.90 Å². The van der Waals surface area contributed by atoms with Gasteiger partial charge in [-0.25, -0.2) is 0 Å². The van der Waals surface area contributed by atoms with Crippen molar-refractivity contribution in [2.45, 2.75) is 0 Å². The van der Waals surface area contributed by atoms with Gasteiger partial charge in [0, 0.05) is 28.8 Å². The molecule has 0 unspecified atom stereocenters. The summed E-state index contributed by atoms with van der Waals surface area (Å²) in [5.41, 5.74) is 0. The zero-order chi connectivity index (χ0) is 15.1. The van der Waals surface area contributed by atoms with Crippen LogP contribution in [0.2, 0.25) is 0 Å². The van der Waals surface area contributed by atoms with Gasteiger partial charge in [-0.05, 0) is 29.5 Å². The minimum absolute atomic E-state index is 0.208. The Balaban J connectivity index is 2.09. The Kier molecular flexibility index (Phi) is 5.56. The molecule has 0 saturated carbocycles. The minimum atomic E-state index is -0.208. The molecule has 0 N–H and O–H groups in total. The highest BCUT2D eigenvalue weighted by Crippen LogP contribution is 2.30. The van der Waals surface area contributed by atoms with E-state index in [2.05, 4.69) is 31.1 Å². The molecule has 1 amide bonds. The Bertz CT molecular complexity index is 676. The molecule has 0 bridgehead atoms. The lowest BCUT2D eigenvalue weighted by molar-refractivity contribution is -0.124. The Hall–Kier alpha value is -2.09. The van der Waals surface area contributed by atoms with Gasteiger partial charge in [0.25, 0.3) is 5.91 Å². The van der Waals surface area contributed by atoms with Crippen LogP contribution in [0.3, 0.4) is 0 Å². The summed E-state index contributed by atoms with van der Waals surface area (Å²) in [7, 11) is 0. The normalized spacial score (nSPS) is 9.52. The van der Waals surface area contributed by atoms with Gasteiger partial charge in [0.1, 0.15) is 0 Å². The smallest absolute Gasteiger partial charge is 0.299 e. The number of thiophene rings is 2. The topological polar surface area (TPSA) is 20.3 Å². The molecule has 0 aliphatic heterocycles. The van der Waals surface area contributed by atoms with Gasteiger partial charge in [-0.3, -0.25) is 4.79 Å². The van der Waals surface area contributed by atoms with E-state index >= 15 is 0 Å². The fourth-order valence-corrected chi connectivity index (χ4v) is 3.40. The Morgan fingerprint density at radius 3 is 2.57 bits per heavy atom. The number of nitrogens with zero attached hydrogens (tertiary/aromatic N) is 1. The van der Waals surface area contributed by atoms with Gasteiger partial charge in [0.15, 0.2) is 0 Å². The number of amides is 1. The SMILES string of the molecule is C=CCN(CC=C)C(=O)C#Cc1ccc(-c2cccs2)s1. The summed E-state index contributed by atoms with van der Waals surface area (Å²) in [6.45, 7) is 8.24. The Labute approximate surface area is 133 Å². The van der Waals surface area contributed by atoms with E-state index in [1.807, 2.05) is 23.6 Å². The molecule has 0 spiro atoms. The second-order valence-corrected chi connectivity index (χ2v) is 6.21. The molecule has 0 aliphatic carbocycles. The number of rotatable bonds is 5. The van der Waals surface area contributed by atoms with Crippen molar-refractivity contribution >= 4 is 28.6 Å². The summed E-state index contributed by atoms with van der Waals surface area (Å²) in [6.07, 6.45) is 3.37. The van der Waals surface area contributed by atoms with Gasteiger partial charge in [0.05, 0.1) is 4.88 Å². The second-order valence-electron chi connectivity index (χ2n) is 4.18. The Morgan fingerprint density at radius 1 is 1.19 bits per heavy atom. The van der Waals surface area contributed by atoms with E-state index in [9.17, 15) is 4.79 Å². The third-order valence-electron chi connectivity index (χ3n) is 2.65. The summed E-state index contributed by atoms with van der Waals surface area (Å²) in [5, 5.41) is 2.05. The van der Waals surface area contributed by atoms with Crippen molar-refractivity contribution < 1.29 is 4.79 Å². The van der Waals surface area contributed by atoms with Gasteiger partial charge in [-0.2, -0.15) is 0 Å². The van der Waals surface area contributed by atoms with Crippen LogP contribution in [0.4, 0.5) is 0 Å². The molecule has 2 heterocycles.